The molecule has 1 aliphatic carbocycles. The maximum atomic E-state index is 6.10. The molecule has 1 aliphatic rings. The zero-order valence-corrected chi connectivity index (χ0v) is 11.9. The van der Waals surface area contributed by atoms with E-state index >= 15 is 0 Å². The molecule has 0 bridgehead atoms. The molecule has 0 aliphatic heterocycles. The Morgan fingerprint density at radius 1 is 1.32 bits per heavy atom. The molecular formula is C14H24N4O. The highest BCUT2D eigenvalue weighted by Crippen LogP contribution is 2.29. The second-order valence-electron chi connectivity index (χ2n) is 5.17. The smallest absolute Gasteiger partial charge is 0.242 e. The lowest BCUT2D eigenvalue weighted by molar-refractivity contribution is 0.298. The highest BCUT2D eigenvalue weighted by molar-refractivity contribution is 5.67. The van der Waals surface area contributed by atoms with E-state index in [1.54, 1.807) is 0 Å². The van der Waals surface area contributed by atoms with Gasteiger partial charge in [0.15, 0.2) is 5.82 Å². The van der Waals surface area contributed by atoms with Gasteiger partial charge in [0.1, 0.15) is 11.5 Å². The summed E-state index contributed by atoms with van der Waals surface area (Å²) in [5.74, 6) is 1.94. The van der Waals surface area contributed by atoms with Crippen molar-refractivity contribution >= 4 is 11.5 Å². The predicted octanol–water partition coefficient (Wildman–Crippen LogP) is 2.90. The summed E-state index contributed by atoms with van der Waals surface area (Å²) in [6.07, 6.45) is 7.04. The number of hydrogen-bond acceptors (Lipinski definition) is 5. The minimum atomic E-state index is 0.486. The van der Waals surface area contributed by atoms with Crippen molar-refractivity contribution in [3.05, 3.63) is 5.82 Å². The first-order chi connectivity index (χ1) is 9.20. The van der Waals surface area contributed by atoms with Crippen LogP contribution in [0.5, 0.6) is 5.88 Å². The van der Waals surface area contributed by atoms with Gasteiger partial charge in [0, 0.05) is 6.04 Å². The third kappa shape index (κ3) is 3.72. The van der Waals surface area contributed by atoms with Crippen molar-refractivity contribution in [2.75, 3.05) is 17.7 Å². The van der Waals surface area contributed by atoms with Crippen molar-refractivity contribution in [2.24, 2.45) is 0 Å². The molecule has 106 valence electrons. The van der Waals surface area contributed by atoms with Gasteiger partial charge in [-0.2, -0.15) is 4.98 Å². The Bertz CT molecular complexity index is 416. The minimum Gasteiger partial charge on any atom is -0.476 e. The highest BCUT2D eigenvalue weighted by Gasteiger charge is 2.18. The molecule has 0 spiro atoms. The normalized spacial score (nSPS) is 15.7. The number of nitrogens with zero attached hydrogens (tertiary/aromatic N) is 2. The summed E-state index contributed by atoms with van der Waals surface area (Å²) in [7, 11) is 0. The molecule has 1 heterocycles. The molecule has 2 rings (SSSR count). The maximum absolute atomic E-state index is 6.10. The molecule has 1 fully saturated rings. The van der Waals surface area contributed by atoms with E-state index in [4.69, 9.17) is 10.5 Å². The maximum Gasteiger partial charge on any atom is 0.242 e. The molecule has 0 radical (unpaired) electrons. The van der Waals surface area contributed by atoms with Gasteiger partial charge in [-0.15, -0.1) is 0 Å². The van der Waals surface area contributed by atoms with Gasteiger partial charge in [0.2, 0.25) is 5.88 Å². The van der Waals surface area contributed by atoms with Gasteiger partial charge in [0.05, 0.1) is 6.61 Å². The van der Waals surface area contributed by atoms with Crippen LogP contribution in [0.2, 0.25) is 0 Å². The number of aromatic nitrogens is 2. The van der Waals surface area contributed by atoms with Crippen molar-refractivity contribution in [2.45, 2.75) is 58.4 Å². The Morgan fingerprint density at radius 3 is 2.74 bits per heavy atom. The van der Waals surface area contributed by atoms with Gasteiger partial charge < -0.3 is 15.8 Å². The number of aryl methyl sites for hydroxylation is 1. The molecule has 1 saturated carbocycles. The molecule has 0 aromatic carbocycles. The Morgan fingerprint density at radius 2 is 2.05 bits per heavy atom. The third-order valence-electron chi connectivity index (χ3n) is 3.46. The minimum absolute atomic E-state index is 0.486. The fourth-order valence-corrected chi connectivity index (χ4v) is 2.35. The monoisotopic (exact) mass is 264 g/mol. The number of ether oxygens (including phenoxy) is 1. The Balaban J connectivity index is 2.08. The SMILES string of the molecule is CCCCOc1nc(C)nc(NC2CCCC2)c1N. The Kier molecular flexibility index (Phi) is 4.82. The van der Waals surface area contributed by atoms with Crippen LogP contribution in [0.15, 0.2) is 0 Å². The van der Waals surface area contributed by atoms with Crippen LogP contribution in [0, 0.1) is 6.92 Å². The lowest BCUT2D eigenvalue weighted by Gasteiger charge is -2.16. The quantitative estimate of drug-likeness (QED) is 0.773. The number of rotatable bonds is 6. The van der Waals surface area contributed by atoms with Crippen LogP contribution in [0.4, 0.5) is 11.5 Å². The van der Waals surface area contributed by atoms with E-state index in [2.05, 4.69) is 22.2 Å². The van der Waals surface area contributed by atoms with Gasteiger partial charge in [-0.25, -0.2) is 4.98 Å². The molecule has 1 aromatic rings. The van der Waals surface area contributed by atoms with E-state index in [1.165, 1.54) is 25.7 Å². The summed E-state index contributed by atoms with van der Waals surface area (Å²) >= 11 is 0. The van der Waals surface area contributed by atoms with Crippen LogP contribution in [-0.4, -0.2) is 22.6 Å². The molecule has 0 atom stereocenters. The zero-order valence-electron chi connectivity index (χ0n) is 11.9. The molecular weight excluding hydrogens is 240 g/mol. The van der Waals surface area contributed by atoms with Gasteiger partial charge in [-0.3, -0.25) is 0 Å². The van der Waals surface area contributed by atoms with E-state index in [1.807, 2.05) is 6.92 Å². The number of hydrogen-bond donors (Lipinski definition) is 2. The largest absolute Gasteiger partial charge is 0.476 e. The van der Waals surface area contributed by atoms with Gasteiger partial charge in [-0.05, 0) is 26.2 Å². The van der Waals surface area contributed by atoms with E-state index in [0.29, 0.717) is 30.0 Å². The van der Waals surface area contributed by atoms with Crippen molar-refractivity contribution in [1.82, 2.24) is 9.97 Å². The third-order valence-corrected chi connectivity index (χ3v) is 3.46. The van der Waals surface area contributed by atoms with Crippen LogP contribution >= 0.6 is 0 Å². The molecule has 5 heteroatoms. The van der Waals surface area contributed by atoms with E-state index in [9.17, 15) is 0 Å². The number of nitrogens with two attached hydrogens (primary N) is 1. The fraction of sp³-hybridized carbons (Fsp3) is 0.714. The average Bonchev–Trinajstić information content (AvgIpc) is 2.88. The van der Waals surface area contributed by atoms with Crippen LogP contribution in [0.25, 0.3) is 0 Å². The molecule has 1 aromatic heterocycles. The van der Waals surface area contributed by atoms with Crippen LogP contribution in [0.3, 0.4) is 0 Å². The van der Waals surface area contributed by atoms with Crippen molar-refractivity contribution in [1.29, 1.82) is 0 Å². The molecule has 0 unspecified atom stereocenters. The van der Waals surface area contributed by atoms with E-state index < -0.39 is 0 Å². The van der Waals surface area contributed by atoms with Crippen LogP contribution in [-0.2, 0) is 0 Å². The van der Waals surface area contributed by atoms with Gasteiger partial charge in [-0.1, -0.05) is 26.2 Å². The summed E-state index contributed by atoms with van der Waals surface area (Å²) in [5.41, 5.74) is 6.64. The summed E-state index contributed by atoms with van der Waals surface area (Å²) < 4.78 is 5.65. The second kappa shape index (κ2) is 6.59. The van der Waals surface area contributed by atoms with Crippen LogP contribution < -0.4 is 15.8 Å². The first-order valence-corrected chi connectivity index (χ1v) is 7.24. The van der Waals surface area contributed by atoms with Gasteiger partial charge >= 0.3 is 0 Å². The number of unbranched alkanes of at least 4 members (excludes halogenated alkanes) is 1. The summed E-state index contributed by atoms with van der Waals surface area (Å²) in [5, 5.41) is 3.42. The topological polar surface area (TPSA) is 73.1 Å². The lowest BCUT2D eigenvalue weighted by Crippen LogP contribution is -2.18. The summed E-state index contributed by atoms with van der Waals surface area (Å²) in [6.45, 7) is 4.65. The average molecular weight is 264 g/mol. The first kappa shape index (κ1) is 13.9. The highest BCUT2D eigenvalue weighted by atomic mass is 16.5. The molecule has 3 N–H and O–H groups in total. The van der Waals surface area contributed by atoms with Crippen molar-refractivity contribution in [3.8, 4) is 5.88 Å². The number of anilines is 2. The van der Waals surface area contributed by atoms with Crippen LogP contribution in [0.1, 0.15) is 51.3 Å². The van der Waals surface area contributed by atoms with Crippen molar-refractivity contribution < 1.29 is 4.74 Å². The molecule has 0 amide bonds. The fourth-order valence-electron chi connectivity index (χ4n) is 2.35. The standard InChI is InChI=1S/C14H24N4O/c1-3-4-9-19-14-12(15)13(16-10(2)17-14)18-11-7-5-6-8-11/h11H,3-9,15H2,1-2H3,(H,16,17,18). The number of nitrogen functional groups attached to an aromatic ring is 1. The summed E-state index contributed by atoms with van der Waals surface area (Å²) in [6, 6.07) is 0.486. The van der Waals surface area contributed by atoms with E-state index in [-0.39, 0.29) is 0 Å². The Labute approximate surface area is 115 Å². The molecule has 19 heavy (non-hydrogen) atoms. The van der Waals surface area contributed by atoms with E-state index in [0.717, 1.165) is 18.7 Å². The summed E-state index contributed by atoms with van der Waals surface area (Å²) in [4.78, 5) is 8.68. The number of nitrogens with one attached hydrogen (secondary N) is 1. The lowest BCUT2D eigenvalue weighted by atomic mass is 10.2. The second-order valence-corrected chi connectivity index (χ2v) is 5.17. The first-order valence-electron chi connectivity index (χ1n) is 7.24. The van der Waals surface area contributed by atoms with Crippen molar-refractivity contribution in [3.63, 3.8) is 0 Å². The molecule has 0 saturated heterocycles. The van der Waals surface area contributed by atoms with Gasteiger partial charge in [0.25, 0.3) is 0 Å². The zero-order chi connectivity index (χ0) is 13.7. The molecule has 5 nitrogen and oxygen atoms in total. The predicted molar refractivity (Wildman–Crippen MR) is 77.5 cm³/mol. The Hall–Kier alpha value is -1.52.